The van der Waals surface area contributed by atoms with Crippen molar-refractivity contribution in [2.75, 3.05) is 50.7 Å². The van der Waals surface area contributed by atoms with Gasteiger partial charge < -0.3 is 14.5 Å². The molecule has 6 heteroatoms. The number of rotatable bonds is 4. The molecule has 0 bridgehead atoms. The van der Waals surface area contributed by atoms with Crippen LogP contribution in [0.15, 0.2) is 24.3 Å². The Morgan fingerprint density at radius 1 is 1.00 bits per heavy atom. The summed E-state index contributed by atoms with van der Waals surface area (Å²) < 4.78 is 5.71. The monoisotopic (exact) mass is 359 g/mol. The molecule has 2 aliphatic rings. The highest BCUT2D eigenvalue weighted by Gasteiger charge is 2.27. The summed E-state index contributed by atoms with van der Waals surface area (Å²) in [6, 6.07) is 7.78. The van der Waals surface area contributed by atoms with Crippen LogP contribution < -0.4 is 4.90 Å². The third-order valence-electron chi connectivity index (χ3n) is 5.14. The van der Waals surface area contributed by atoms with E-state index in [9.17, 15) is 9.59 Å². The van der Waals surface area contributed by atoms with Crippen LogP contribution in [0, 0.1) is 0 Å². The first-order valence-electron chi connectivity index (χ1n) is 9.44. The van der Waals surface area contributed by atoms with Gasteiger partial charge in [0.1, 0.15) is 0 Å². The maximum atomic E-state index is 12.6. The van der Waals surface area contributed by atoms with E-state index in [0.717, 1.165) is 37.4 Å². The molecular weight excluding hydrogens is 330 g/mol. The number of hydrogen-bond donors (Lipinski definition) is 0. The normalized spacial score (nSPS) is 24.6. The fourth-order valence-corrected chi connectivity index (χ4v) is 3.74. The molecule has 1 aromatic rings. The number of nitrogens with zero attached hydrogens (tertiary/aromatic N) is 3. The first-order valence-corrected chi connectivity index (χ1v) is 9.44. The van der Waals surface area contributed by atoms with Crippen LogP contribution in [0.3, 0.4) is 0 Å². The Kier molecular flexibility index (Phi) is 5.94. The number of carbonyl (C=O) groups is 2. The summed E-state index contributed by atoms with van der Waals surface area (Å²) in [7, 11) is 0. The van der Waals surface area contributed by atoms with E-state index < -0.39 is 0 Å². The summed E-state index contributed by atoms with van der Waals surface area (Å²) >= 11 is 0. The lowest BCUT2D eigenvalue weighted by Gasteiger charge is -2.39. The number of morpholine rings is 1. The Morgan fingerprint density at radius 3 is 2.12 bits per heavy atom. The van der Waals surface area contributed by atoms with Crippen molar-refractivity contribution < 1.29 is 14.3 Å². The van der Waals surface area contributed by atoms with Crippen LogP contribution >= 0.6 is 0 Å². The molecule has 2 atom stereocenters. The fraction of sp³-hybridized carbons (Fsp3) is 0.600. The molecule has 0 spiro atoms. The maximum Gasteiger partial charge on any atom is 0.236 e. The van der Waals surface area contributed by atoms with Gasteiger partial charge in [0.15, 0.2) is 5.78 Å². The molecule has 0 radical (unpaired) electrons. The number of hydrogen-bond acceptors (Lipinski definition) is 5. The Labute approximate surface area is 155 Å². The van der Waals surface area contributed by atoms with Crippen molar-refractivity contribution in [1.82, 2.24) is 9.80 Å². The highest BCUT2D eigenvalue weighted by atomic mass is 16.5. The SMILES string of the molecule is CC(=O)c1ccc(N2CCN(CC(=O)N3C[C@@H](C)O[C@@H](C)C3)CC2)cc1. The van der Waals surface area contributed by atoms with Crippen LogP contribution in [-0.2, 0) is 9.53 Å². The number of ketones is 1. The van der Waals surface area contributed by atoms with E-state index in [1.165, 1.54) is 0 Å². The molecule has 0 aromatic heterocycles. The van der Waals surface area contributed by atoms with Gasteiger partial charge in [0.25, 0.3) is 0 Å². The van der Waals surface area contributed by atoms with E-state index in [1.807, 2.05) is 43.0 Å². The fourth-order valence-electron chi connectivity index (χ4n) is 3.74. The summed E-state index contributed by atoms with van der Waals surface area (Å²) in [4.78, 5) is 30.5. The lowest BCUT2D eigenvalue weighted by molar-refractivity contribution is -0.144. The quantitative estimate of drug-likeness (QED) is 0.765. The molecule has 2 heterocycles. The number of benzene rings is 1. The average Bonchev–Trinajstić information content (AvgIpc) is 2.61. The first-order chi connectivity index (χ1) is 12.4. The molecule has 0 N–H and O–H groups in total. The Hall–Kier alpha value is -1.92. The minimum absolute atomic E-state index is 0.0895. The van der Waals surface area contributed by atoms with Crippen molar-refractivity contribution in [3.63, 3.8) is 0 Å². The van der Waals surface area contributed by atoms with Crippen molar-refractivity contribution in [1.29, 1.82) is 0 Å². The van der Waals surface area contributed by atoms with Crippen LogP contribution in [0.2, 0.25) is 0 Å². The van der Waals surface area contributed by atoms with Crippen molar-refractivity contribution >= 4 is 17.4 Å². The van der Waals surface area contributed by atoms with Gasteiger partial charge in [-0.1, -0.05) is 0 Å². The highest BCUT2D eigenvalue weighted by Crippen LogP contribution is 2.18. The Balaban J connectivity index is 1.49. The molecule has 0 saturated carbocycles. The number of Topliss-reactive ketones (excluding diaryl/α,β-unsaturated/α-hetero) is 1. The number of carbonyl (C=O) groups excluding carboxylic acids is 2. The van der Waals surface area contributed by atoms with E-state index in [-0.39, 0.29) is 23.9 Å². The zero-order valence-corrected chi connectivity index (χ0v) is 16.0. The van der Waals surface area contributed by atoms with Crippen LogP contribution in [0.4, 0.5) is 5.69 Å². The molecule has 142 valence electrons. The van der Waals surface area contributed by atoms with E-state index in [4.69, 9.17) is 4.74 Å². The molecule has 2 aliphatic heterocycles. The van der Waals surface area contributed by atoms with Crippen LogP contribution in [0.25, 0.3) is 0 Å². The summed E-state index contributed by atoms with van der Waals surface area (Å²) in [5.74, 6) is 0.290. The third kappa shape index (κ3) is 4.62. The number of amides is 1. The molecular formula is C20H29N3O3. The number of piperazine rings is 1. The average molecular weight is 359 g/mol. The second kappa shape index (κ2) is 8.18. The molecule has 6 nitrogen and oxygen atoms in total. The summed E-state index contributed by atoms with van der Waals surface area (Å²) in [6.45, 7) is 11.0. The minimum Gasteiger partial charge on any atom is -0.372 e. The number of ether oxygens (including phenoxy) is 1. The van der Waals surface area contributed by atoms with Gasteiger partial charge in [0.05, 0.1) is 18.8 Å². The Morgan fingerprint density at radius 2 is 1.58 bits per heavy atom. The highest BCUT2D eigenvalue weighted by molar-refractivity contribution is 5.94. The number of anilines is 1. The molecule has 3 rings (SSSR count). The van der Waals surface area contributed by atoms with Crippen LogP contribution in [-0.4, -0.2) is 79.5 Å². The molecule has 2 fully saturated rings. The van der Waals surface area contributed by atoms with Gasteiger partial charge in [-0.2, -0.15) is 0 Å². The van der Waals surface area contributed by atoms with E-state index in [2.05, 4.69) is 9.80 Å². The van der Waals surface area contributed by atoms with Gasteiger partial charge in [0, 0.05) is 50.5 Å². The second-order valence-corrected chi connectivity index (χ2v) is 7.42. The standard InChI is InChI=1S/C20H29N3O3/c1-15-12-23(13-16(2)26-15)20(25)14-21-8-10-22(11-9-21)19-6-4-18(5-7-19)17(3)24/h4-7,15-16H,8-14H2,1-3H3/t15-,16+. The molecule has 26 heavy (non-hydrogen) atoms. The molecule has 0 aliphatic carbocycles. The van der Waals surface area contributed by atoms with Crippen molar-refractivity contribution in [2.24, 2.45) is 0 Å². The second-order valence-electron chi connectivity index (χ2n) is 7.42. The van der Waals surface area contributed by atoms with Gasteiger partial charge in [-0.15, -0.1) is 0 Å². The van der Waals surface area contributed by atoms with E-state index in [0.29, 0.717) is 19.6 Å². The van der Waals surface area contributed by atoms with Gasteiger partial charge in [-0.25, -0.2) is 0 Å². The van der Waals surface area contributed by atoms with Crippen molar-refractivity contribution in [3.05, 3.63) is 29.8 Å². The predicted molar refractivity (Wildman–Crippen MR) is 102 cm³/mol. The molecule has 2 saturated heterocycles. The molecule has 0 unspecified atom stereocenters. The van der Waals surface area contributed by atoms with E-state index in [1.54, 1.807) is 6.92 Å². The zero-order valence-electron chi connectivity index (χ0n) is 16.0. The van der Waals surface area contributed by atoms with Crippen molar-refractivity contribution in [2.45, 2.75) is 33.0 Å². The lowest BCUT2D eigenvalue weighted by Crippen LogP contribution is -2.53. The van der Waals surface area contributed by atoms with Crippen LogP contribution in [0.1, 0.15) is 31.1 Å². The van der Waals surface area contributed by atoms with Crippen LogP contribution in [0.5, 0.6) is 0 Å². The topological polar surface area (TPSA) is 53.1 Å². The third-order valence-corrected chi connectivity index (χ3v) is 5.14. The van der Waals surface area contributed by atoms with Gasteiger partial charge >= 0.3 is 0 Å². The summed E-state index contributed by atoms with van der Waals surface area (Å²) in [5.41, 5.74) is 1.88. The van der Waals surface area contributed by atoms with Gasteiger partial charge in [0.2, 0.25) is 5.91 Å². The van der Waals surface area contributed by atoms with Crippen molar-refractivity contribution in [3.8, 4) is 0 Å². The van der Waals surface area contributed by atoms with Gasteiger partial charge in [-0.3, -0.25) is 14.5 Å². The predicted octanol–water partition coefficient (Wildman–Crippen LogP) is 1.65. The van der Waals surface area contributed by atoms with E-state index >= 15 is 0 Å². The summed E-state index contributed by atoms with van der Waals surface area (Å²) in [6.07, 6.45) is 0.218. The lowest BCUT2D eigenvalue weighted by atomic mass is 10.1. The largest absolute Gasteiger partial charge is 0.372 e. The zero-order chi connectivity index (χ0) is 18.7. The minimum atomic E-state index is 0.0895. The molecule has 1 amide bonds. The maximum absolute atomic E-state index is 12.6. The smallest absolute Gasteiger partial charge is 0.236 e. The Bertz CT molecular complexity index is 628. The first kappa shape index (κ1) is 18.9. The summed E-state index contributed by atoms with van der Waals surface area (Å²) in [5, 5.41) is 0. The van der Waals surface area contributed by atoms with Gasteiger partial charge in [-0.05, 0) is 45.0 Å². The molecule has 1 aromatic carbocycles.